The van der Waals surface area contributed by atoms with Crippen LogP contribution in [0.15, 0.2) is 41.8 Å². The van der Waals surface area contributed by atoms with E-state index in [1.165, 1.54) is 11.3 Å². The number of carboxylic acids is 1. The summed E-state index contributed by atoms with van der Waals surface area (Å²) in [5.41, 5.74) is 0.940. The third kappa shape index (κ3) is 4.60. The first-order valence-corrected chi connectivity index (χ1v) is 7.67. The first kappa shape index (κ1) is 16.0. The highest BCUT2D eigenvalue weighted by molar-refractivity contribution is 7.10. The summed E-state index contributed by atoms with van der Waals surface area (Å²) in [5, 5.41) is 13.5. The van der Waals surface area contributed by atoms with Crippen molar-refractivity contribution in [3.63, 3.8) is 0 Å². The minimum absolute atomic E-state index is 0.146. The van der Waals surface area contributed by atoms with Crippen molar-refractivity contribution >= 4 is 23.2 Å². The molecule has 6 heteroatoms. The summed E-state index contributed by atoms with van der Waals surface area (Å²) >= 11 is 1.41. The normalized spacial score (nSPS) is 11.7. The van der Waals surface area contributed by atoms with Crippen LogP contribution in [0.2, 0.25) is 0 Å². The maximum Gasteiger partial charge on any atom is 0.305 e. The topological polar surface area (TPSA) is 75.6 Å². The van der Waals surface area contributed by atoms with Gasteiger partial charge in [-0.15, -0.1) is 11.3 Å². The number of amides is 1. The number of para-hydroxylation sites is 1. The number of ether oxygens (including phenoxy) is 1. The second-order valence-electron chi connectivity index (χ2n) is 4.79. The molecule has 1 aromatic carbocycles. The maximum atomic E-state index is 12.0. The van der Waals surface area contributed by atoms with Gasteiger partial charge in [-0.3, -0.25) is 9.59 Å². The van der Waals surface area contributed by atoms with Crippen molar-refractivity contribution in [1.82, 2.24) is 5.32 Å². The molecule has 1 aromatic heterocycles. The van der Waals surface area contributed by atoms with E-state index < -0.39 is 12.0 Å². The zero-order chi connectivity index (χ0) is 15.9. The van der Waals surface area contributed by atoms with E-state index in [2.05, 4.69) is 5.32 Å². The van der Waals surface area contributed by atoms with Crippen molar-refractivity contribution in [1.29, 1.82) is 0 Å². The van der Waals surface area contributed by atoms with Gasteiger partial charge in [0.2, 0.25) is 0 Å². The van der Waals surface area contributed by atoms with Crippen LogP contribution in [0, 0.1) is 6.92 Å². The van der Waals surface area contributed by atoms with E-state index in [9.17, 15) is 9.59 Å². The fourth-order valence-corrected chi connectivity index (χ4v) is 2.76. The Bertz CT molecular complexity index is 639. The molecule has 0 fully saturated rings. The number of aryl methyl sites for hydroxylation is 1. The smallest absolute Gasteiger partial charge is 0.305 e. The van der Waals surface area contributed by atoms with Crippen LogP contribution in [-0.2, 0) is 9.59 Å². The van der Waals surface area contributed by atoms with Gasteiger partial charge in [0, 0.05) is 4.88 Å². The van der Waals surface area contributed by atoms with Crippen LogP contribution in [0.5, 0.6) is 5.75 Å². The molecule has 0 unspecified atom stereocenters. The van der Waals surface area contributed by atoms with Gasteiger partial charge in [-0.2, -0.15) is 0 Å². The third-order valence-corrected chi connectivity index (χ3v) is 4.04. The number of aliphatic carboxylic acids is 1. The maximum absolute atomic E-state index is 12.0. The number of carboxylic acid groups (broad SMARTS) is 1. The molecular formula is C16H17NO4S. The van der Waals surface area contributed by atoms with E-state index >= 15 is 0 Å². The van der Waals surface area contributed by atoms with Crippen molar-refractivity contribution in [2.75, 3.05) is 6.61 Å². The highest BCUT2D eigenvalue weighted by atomic mass is 32.1. The molecular weight excluding hydrogens is 302 g/mol. The number of thiophene rings is 1. The molecule has 1 heterocycles. The number of benzene rings is 1. The number of carbonyl (C=O) groups excluding carboxylic acids is 1. The predicted octanol–water partition coefficient (Wildman–Crippen LogP) is 2.77. The fraction of sp³-hybridized carbons (Fsp3) is 0.250. The van der Waals surface area contributed by atoms with Crippen LogP contribution in [0.3, 0.4) is 0 Å². The Morgan fingerprint density at radius 2 is 2.05 bits per heavy atom. The van der Waals surface area contributed by atoms with Gasteiger partial charge in [0.15, 0.2) is 6.61 Å². The number of nitrogens with one attached hydrogen (secondary N) is 1. The summed E-state index contributed by atoms with van der Waals surface area (Å²) in [4.78, 5) is 23.7. The van der Waals surface area contributed by atoms with Gasteiger partial charge in [-0.1, -0.05) is 24.3 Å². The van der Waals surface area contributed by atoms with Crippen LogP contribution in [-0.4, -0.2) is 23.6 Å². The number of carbonyl (C=O) groups is 2. The lowest BCUT2D eigenvalue weighted by atomic mass is 10.1. The van der Waals surface area contributed by atoms with Gasteiger partial charge in [0.25, 0.3) is 5.91 Å². The first-order valence-electron chi connectivity index (χ1n) is 6.79. The molecule has 116 valence electrons. The van der Waals surface area contributed by atoms with Crippen molar-refractivity contribution in [3.05, 3.63) is 52.2 Å². The monoisotopic (exact) mass is 319 g/mol. The van der Waals surface area contributed by atoms with Gasteiger partial charge in [0.05, 0.1) is 12.5 Å². The average molecular weight is 319 g/mol. The third-order valence-electron chi connectivity index (χ3n) is 3.05. The lowest BCUT2D eigenvalue weighted by Gasteiger charge is -2.16. The zero-order valence-corrected chi connectivity index (χ0v) is 12.9. The lowest BCUT2D eigenvalue weighted by molar-refractivity contribution is -0.137. The number of hydrogen-bond donors (Lipinski definition) is 2. The second-order valence-corrected chi connectivity index (χ2v) is 5.77. The molecule has 2 aromatic rings. The Hall–Kier alpha value is -2.34. The van der Waals surface area contributed by atoms with Crippen LogP contribution in [0.4, 0.5) is 0 Å². The van der Waals surface area contributed by atoms with E-state index in [0.29, 0.717) is 5.75 Å². The molecule has 22 heavy (non-hydrogen) atoms. The van der Waals surface area contributed by atoms with Gasteiger partial charge < -0.3 is 15.2 Å². The molecule has 0 saturated heterocycles. The van der Waals surface area contributed by atoms with Crippen molar-refractivity contribution in [2.45, 2.75) is 19.4 Å². The molecule has 1 atom stereocenters. The first-order chi connectivity index (χ1) is 10.6. The molecule has 0 bridgehead atoms. The Morgan fingerprint density at radius 1 is 1.27 bits per heavy atom. The minimum Gasteiger partial charge on any atom is -0.484 e. The summed E-state index contributed by atoms with van der Waals surface area (Å²) in [5.74, 6) is -0.662. The number of hydrogen-bond acceptors (Lipinski definition) is 4. The largest absolute Gasteiger partial charge is 0.484 e. The van der Waals surface area contributed by atoms with E-state index in [1.54, 1.807) is 12.1 Å². The fourth-order valence-electron chi connectivity index (χ4n) is 1.98. The van der Waals surface area contributed by atoms with Crippen LogP contribution >= 0.6 is 11.3 Å². The molecule has 0 saturated carbocycles. The molecule has 0 aliphatic rings. The van der Waals surface area contributed by atoms with E-state index in [0.717, 1.165) is 10.4 Å². The standard InChI is InChI=1S/C16H17NO4S/c1-11-5-2-3-6-13(11)21-10-15(18)17-12(9-16(19)20)14-7-4-8-22-14/h2-8,12H,9-10H2,1H3,(H,17,18)(H,19,20)/t12-/m0/s1. The van der Waals surface area contributed by atoms with Crippen LogP contribution < -0.4 is 10.1 Å². The highest BCUT2D eigenvalue weighted by Crippen LogP contribution is 2.22. The lowest BCUT2D eigenvalue weighted by Crippen LogP contribution is -2.33. The molecule has 0 spiro atoms. The van der Waals surface area contributed by atoms with E-state index in [1.807, 2.05) is 36.6 Å². The molecule has 0 aliphatic heterocycles. The summed E-state index contributed by atoms with van der Waals surface area (Å²) in [6.07, 6.45) is -0.156. The zero-order valence-electron chi connectivity index (χ0n) is 12.1. The Labute approximate surface area is 132 Å². The molecule has 2 N–H and O–H groups in total. The predicted molar refractivity (Wildman–Crippen MR) is 84.1 cm³/mol. The van der Waals surface area contributed by atoms with Gasteiger partial charge in [-0.05, 0) is 30.0 Å². The van der Waals surface area contributed by atoms with Crippen LogP contribution in [0.1, 0.15) is 22.9 Å². The molecule has 2 rings (SSSR count). The van der Waals surface area contributed by atoms with Crippen LogP contribution in [0.25, 0.3) is 0 Å². The Kier molecular flexibility index (Phi) is 5.55. The summed E-state index contributed by atoms with van der Waals surface area (Å²) in [7, 11) is 0. The average Bonchev–Trinajstić information content (AvgIpc) is 2.99. The van der Waals surface area contributed by atoms with E-state index in [-0.39, 0.29) is 18.9 Å². The number of rotatable bonds is 7. The molecule has 0 radical (unpaired) electrons. The van der Waals surface area contributed by atoms with Gasteiger partial charge in [-0.25, -0.2) is 0 Å². The Balaban J connectivity index is 1.94. The SMILES string of the molecule is Cc1ccccc1OCC(=O)N[C@@H](CC(=O)O)c1cccs1. The highest BCUT2D eigenvalue weighted by Gasteiger charge is 2.19. The minimum atomic E-state index is -0.960. The van der Waals surface area contributed by atoms with Crippen molar-refractivity contribution in [2.24, 2.45) is 0 Å². The van der Waals surface area contributed by atoms with Gasteiger partial charge >= 0.3 is 5.97 Å². The molecule has 5 nitrogen and oxygen atoms in total. The van der Waals surface area contributed by atoms with Crippen molar-refractivity contribution in [3.8, 4) is 5.75 Å². The van der Waals surface area contributed by atoms with Crippen molar-refractivity contribution < 1.29 is 19.4 Å². The van der Waals surface area contributed by atoms with E-state index in [4.69, 9.17) is 9.84 Å². The molecule has 0 aliphatic carbocycles. The quantitative estimate of drug-likeness (QED) is 0.823. The summed E-state index contributed by atoms with van der Waals surface area (Å²) < 4.78 is 5.47. The second kappa shape index (κ2) is 7.61. The molecule has 1 amide bonds. The Morgan fingerprint density at radius 3 is 2.68 bits per heavy atom. The summed E-state index contributed by atoms with van der Waals surface area (Å²) in [6, 6.07) is 10.5. The summed E-state index contributed by atoms with van der Waals surface area (Å²) in [6.45, 7) is 1.75. The van der Waals surface area contributed by atoms with Gasteiger partial charge in [0.1, 0.15) is 5.75 Å².